The van der Waals surface area contributed by atoms with Crippen molar-refractivity contribution < 1.29 is 0 Å². The van der Waals surface area contributed by atoms with Crippen LogP contribution in [0.3, 0.4) is 0 Å². The van der Waals surface area contributed by atoms with E-state index in [2.05, 4.69) is 38.8 Å². The fraction of sp³-hybridized carbons (Fsp3) is 0.917. The van der Waals surface area contributed by atoms with E-state index < -0.39 is 0 Å². The van der Waals surface area contributed by atoms with Gasteiger partial charge in [0.1, 0.15) is 0 Å². The number of nitrogens with zero attached hydrogens (tertiary/aromatic N) is 2. The predicted molar refractivity (Wildman–Crippen MR) is 58.8 cm³/mol. The van der Waals surface area contributed by atoms with Crippen molar-refractivity contribution in [1.82, 2.24) is 4.90 Å². The van der Waals surface area contributed by atoms with Gasteiger partial charge in [0.15, 0.2) is 0 Å². The minimum absolute atomic E-state index is 0.266. The highest BCUT2D eigenvalue weighted by Crippen LogP contribution is 2.30. The van der Waals surface area contributed by atoms with Gasteiger partial charge < -0.3 is 4.90 Å². The molecule has 1 rings (SSSR count). The highest BCUT2D eigenvalue weighted by Gasteiger charge is 2.31. The van der Waals surface area contributed by atoms with Crippen molar-refractivity contribution in [3.05, 3.63) is 0 Å². The smallest absolute Gasteiger partial charge is 0.0672 e. The molecule has 2 unspecified atom stereocenters. The lowest BCUT2D eigenvalue weighted by Gasteiger charge is -2.32. The Morgan fingerprint density at radius 1 is 1.36 bits per heavy atom. The summed E-state index contributed by atoms with van der Waals surface area (Å²) in [6, 6.07) is 2.94. The molecule has 0 bridgehead atoms. The van der Waals surface area contributed by atoms with Crippen molar-refractivity contribution in [3.63, 3.8) is 0 Å². The Bertz CT molecular complexity index is 221. The van der Waals surface area contributed by atoms with Gasteiger partial charge in [0.05, 0.1) is 12.0 Å². The third kappa shape index (κ3) is 2.99. The van der Waals surface area contributed by atoms with Crippen LogP contribution >= 0.6 is 0 Å². The summed E-state index contributed by atoms with van der Waals surface area (Å²) < 4.78 is 0. The first kappa shape index (κ1) is 11.5. The highest BCUT2D eigenvalue weighted by molar-refractivity contribution is 4.97. The maximum atomic E-state index is 9.01. The molecule has 0 aromatic rings. The van der Waals surface area contributed by atoms with Gasteiger partial charge in [-0.15, -0.1) is 0 Å². The molecule has 0 spiro atoms. The van der Waals surface area contributed by atoms with E-state index in [0.29, 0.717) is 11.5 Å². The molecule has 1 aliphatic rings. The molecule has 0 aliphatic heterocycles. The average molecular weight is 194 g/mol. The van der Waals surface area contributed by atoms with Crippen LogP contribution in [0.5, 0.6) is 0 Å². The first-order valence-corrected chi connectivity index (χ1v) is 5.54. The van der Waals surface area contributed by atoms with Crippen LogP contribution in [-0.2, 0) is 0 Å². The van der Waals surface area contributed by atoms with Gasteiger partial charge in [0.2, 0.25) is 0 Å². The van der Waals surface area contributed by atoms with Gasteiger partial charge in [0.25, 0.3) is 0 Å². The van der Waals surface area contributed by atoms with Gasteiger partial charge in [-0.05, 0) is 25.3 Å². The van der Waals surface area contributed by atoms with E-state index in [9.17, 15) is 0 Å². The summed E-state index contributed by atoms with van der Waals surface area (Å²) in [5.74, 6) is 0.266. The summed E-state index contributed by atoms with van der Waals surface area (Å²) in [5.41, 5.74) is 0.331. The van der Waals surface area contributed by atoms with Gasteiger partial charge in [0, 0.05) is 12.6 Å². The summed E-state index contributed by atoms with van der Waals surface area (Å²) in [4.78, 5) is 2.38. The molecule has 0 aromatic heterocycles. The molecule has 2 nitrogen and oxygen atoms in total. The second-order valence-electron chi connectivity index (χ2n) is 5.71. The molecule has 14 heavy (non-hydrogen) atoms. The van der Waals surface area contributed by atoms with E-state index in [4.69, 9.17) is 5.26 Å². The first-order chi connectivity index (χ1) is 6.44. The molecule has 0 aromatic carbocycles. The Kier molecular flexibility index (Phi) is 3.55. The standard InChI is InChI=1S/C12H22N2/c1-12(2,3)9-14(4)11-7-5-6-10(11)8-13/h10-11H,5-7,9H2,1-4H3. The monoisotopic (exact) mass is 194 g/mol. The van der Waals surface area contributed by atoms with Gasteiger partial charge >= 0.3 is 0 Å². The predicted octanol–water partition coefficient (Wildman–Crippen LogP) is 2.66. The molecule has 0 amide bonds. The maximum Gasteiger partial charge on any atom is 0.0672 e. The quantitative estimate of drug-likeness (QED) is 0.675. The summed E-state index contributed by atoms with van der Waals surface area (Å²) in [7, 11) is 2.16. The molecule has 0 radical (unpaired) electrons. The molecule has 80 valence electrons. The Labute approximate surface area is 87.9 Å². The van der Waals surface area contributed by atoms with Crippen LogP contribution in [0.4, 0.5) is 0 Å². The largest absolute Gasteiger partial charge is 0.302 e. The number of hydrogen-bond donors (Lipinski definition) is 0. The molecule has 1 fully saturated rings. The third-order valence-corrected chi connectivity index (χ3v) is 2.94. The molecule has 2 atom stereocenters. The van der Waals surface area contributed by atoms with E-state index in [0.717, 1.165) is 13.0 Å². The van der Waals surface area contributed by atoms with Crippen LogP contribution in [0.15, 0.2) is 0 Å². The van der Waals surface area contributed by atoms with Crippen LogP contribution in [0.25, 0.3) is 0 Å². The van der Waals surface area contributed by atoms with Crippen molar-refractivity contribution in [2.75, 3.05) is 13.6 Å². The summed E-state index contributed by atoms with van der Waals surface area (Å²) in [6.45, 7) is 7.83. The molecular formula is C12H22N2. The van der Waals surface area contributed by atoms with Crippen LogP contribution in [0.2, 0.25) is 0 Å². The first-order valence-electron chi connectivity index (χ1n) is 5.54. The van der Waals surface area contributed by atoms with Crippen LogP contribution in [-0.4, -0.2) is 24.5 Å². The highest BCUT2D eigenvalue weighted by atomic mass is 15.1. The lowest BCUT2D eigenvalue weighted by molar-refractivity contribution is 0.158. The minimum Gasteiger partial charge on any atom is -0.302 e. The fourth-order valence-electron chi connectivity index (χ4n) is 2.48. The summed E-state index contributed by atoms with van der Waals surface area (Å²) in [5, 5.41) is 9.01. The van der Waals surface area contributed by atoms with Crippen LogP contribution in [0.1, 0.15) is 40.0 Å². The average Bonchev–Trinajstić information content (AvgIpc) is 2.47. The van der Waals surface area contributed by atoms with E-state index in [1.54, 1.807) is 0 Å². The minimum atomic E-state index is 0.266. The van der Waals surface area contributed by atoms with Crippen LogP contribution in [0, 0.1) is 22.7 Å². The van der Waals surface area contributed by atoms with E-state index >= 15 is 0 Å². The zero-order valence-corrected chi connectivity index (χ0v) is 9.88. The van der Waals surface area contributed by atoms with Gasteiger partial charge in [-0.25, -0.2) is 0 Å². The zero-order valence-electron chi connectivity index (χ0n) is 9.88. The number of hydrogen-bond acceptors (Lipinski definition) is 2. The summed E-state index contributed by atoms with van der Waals surface area (Å²) >= 11 is 0. The molecule has 0 N–H and O–H groups in total. The second-order valence-corrected chi connectivity index (χ2v) is 5.71. The zero-order chi connectivity index (χ0) is 10.8. The lowest BCUT2D eigenvalue weighted by Crippen LogP contribution is -2.39. The number of rotatable bonds is 2. The fourth-order valence-corrected chi connectivity index (χ4v) is 2.48. The Morgan fingerprint density at radius 3 is 2.50 bits per heavy atom. The normalized spacial score (nSPS) is 28.0. The van der Waals surface area contributed by atoms with Crippen molar-refractivity contribution in [1.29, 1.82) is 5.26 Å². The van der Waals surface area contributed by atoms with Crippen LogP contribution < -0.4 is 0 Å². The van der Waals surface area contributed by atoms with Gasteiger partial charge in [-0.1, -0.05) is 27.2 Å². The van der Waals surface area contributed by atoms with Crippen molar-refractivity contribution in [3.8, 4) is 6.07 Å². The van der Waals surface area contributed by atoms with Gasteiger partial charge in [-0.3, -0.25) is 0 Å². The van der Waals surface area contributed by atoms with E-state index in [-0.39, 0.29) is 5.92 Å². The third-order valence-electron chi connectivity index (χ3n) is 2.94. The van der Waals surface area contributed by atoms with E-state index in [1.807, 2.05) is 0 Å². The lowest BCUT2D eigenvalue weighted by atomic mass is 9.94. The second kappa shape index (κ2) is 4.31. The molecule has 0 heterocycles. The molecule has 1 aliphatic carbocycles. The van der Waals surface area contributed by atoms with Crippen molar-refractivity contribution in [2.45, 2.75) is 46.1 Å². The molecular weight excluding hydrogens is 172 g/mol. The molecule has 0 saturated heterocycles. The molecule has 2 heteroatoms. The van der Waals surface area contributed by atoms with Crippen molar-refractivity contribution >= 4 is 0 Å². The molecule has 1 saturated carbocycles. The maximum absolute atomic E-state index is 9.01. The Balaban J connectivity index is 2.52. The Hall–Kier alpha value is -0.550. The summed E-state index contributed by atoms with van der Waals surface area (Å²) in [6.07, 6.45) is 3.51. The SMILES string of the molecule is CN(CC(C)(C)C)C1CCCC1C#N. The van der Waals surface area contributed by atoms with Crippen molar-refractivity contribution in [2.24, 2.45) is 11.3 Å². The van der Waals surface area contributed by atoms with Gasteiger partial charge in [-0.2, -0.15) is 5.26 Å². The van der Waals surface area contributed by atoms with E-state index in [1.165, 1.54) is 12.8 Å². The Morgan fingerprint density at radius 2 is 2.00 bits per heavy atom. The number of nitriles is 1. The topological polar surface area (TPSA) is 27.0 Å².